The SMILES string of the molecule is O=C(O)[C@H]1CSC(c2ccc(O)c(Cl)c2)N1C(=O)OCc1ccccc1. The molecule has 2 aromatic carbocycles. The van der Waals surface area contributed by atoms with Crippen molar-refractivity contribution < 1.29 is 24.5 Å². The largest absolute Gasteiger partial charge is 0.506 e. The first-order chi connectivity index (χ1) is 12.5. The van der Waals surface area contributed by atoms with E-state index in [9.17, 15) is 19.8 Å². The lowest BCUT2D eigenvalue weighted by Crippen LogP contribution is -2.43. The molecule has 0 spiro atoms. The maximum atomic E-state index is 12.6. The van der Waals surface area contributed by atoms with Gasteiger partial charge in [0.15, 0.2) is 0 Å². The van der Waals surface area contributed by atoms with Gasteiger partial charge in [0.1, 0.15) is 23.8 Å². The van der Waals surface area contributed by atoms with Crippen molar-refractivity contribution in [3.05, 3.63) is 64.7 Å². The zero-order valence-electron chi connectivity index (χ0n) is 13.5. The average Bonchev–Trinajstić information content (AvgIpc) is 3.08. The molecule has 2 atom stereocenters. The number of phenolic OH excluding ortho intramolecular Hbond substituents is 1. The van der Waals surface area contributed by atoms with E-state index in [0.29, 0.717) is 5.56 Å². The Hall–Kier alpha value is -2.38. The second kappa shape index (κ2) is 7.88. The molecule has 26 heavy (non-hydrogen) atoms. The summed E-state index contributed by atoms with van der Waals surface area (Å²) in [5.74, 6) is -0.938. The molecule has 0 aliphatic carbocycles. The Bertz CT molecular complexity index is 816. The molecule has 1 fully saturated rings. The number of carboxylic acid groups (broad SMARTS) is 1. The highest BCUT2D eigenvalue weighted by atomic mass is 35.5. The molecule has 1 aliphatic heterocycles. The number of aliphatic carboxylic acids is 1. The third-order valence-electron chi connectivity index (χ3n) is 3.96. The minimum atomic E-state index is -1.10. The lowest BCUT2D eigenvalue weighted by molar-refractivity contribution is -0.141. The van der Waals surface area contributed by atoms with Gasteiger partial charge in [0.05, 0.1) is 5.02 Å². The van der Waals surface area contributed by atoms with Crippen molar-refractivity contribution in [2.75, 3.05) is 5.75 Å². The molecule has 0 radical (unpaired) electrons. The van der Waals surface area contributed by atoms with E-state index >= 15 is 0 Å². The van der Waals surface area contributed by atoms with Gasteiger partial charge in [-0.15, -0.1) is 11.8 Å². The van der Waals surface area contributed by atoms with Crippen LogP contribution in [0.2, 0.25) is 5.02 Å². The van der Waals surface area contributed by atoms with Crippen molar-refractivity contribution in [1.82, 2.24) is 4.90 Å². The molecule has 6 nitrogen and oxygen atoms in total. The molecule has 0 bridgehead atoms. The number of hydrogen-bond acceptors (Lipinski definition) is 5. The predicted molar refractivity (Wildman–Crippen MR) is 98.2 cm³/mol. The number of halogens is 1. The number of phenols is 1. The van der Waals surface area contributed by atoms with E-state index in [0.717, 1.165) is 5.56 Å². The van der Waals surface area contributed by atoms with Crippen molar-refractivity contribution in [3.8, 4) is 5.75 Å². The fourth-order valence-electron chi connectivity index (χ4n) is 2.65. The molecule has 1 amide bonds. The molecule has 2 N–H and O–H groups in total. The Labute approximate surface area is 159 Å². The van der Waals surface area contributed by atoms with E-state index in [4.69, 9.17) is 16.3 Å². The first-order valence-electron chi connectivity index (χ1n) is 7.79. The van der Waals surface area contributed by atoms with Gasteiger partial charge in [-0.3, -0.25) is 4.90 Å². The summed E-state index contributed by atoms with van der Waals surface area (Å²) in [6.45, 7) is 0.0518. The van der Waals surface area contributed by atoms with Crippen LogP contribution in [0.5, 0.6) is 5.75 Å². The van der Waals surface area contributed by atoms with Crippen molar-refractivity contribution in [2.45, 2.75) is 18.0 Å². The van der Waals surface area contributed by atoms with Crippen LogP contribution in [0.4, 0.5) is 4.79 Å². The van der Waals surface area contributed by atoms with Crippen LogP contribution in [0.3, 0.4) is 0 Å². The highest BCUT2D eigenvalue weighted by molar-refractivity contribution is 7.99. The maximum absolute atomic E-state index is 12.6. The lowest BCUT2D eigenvalue weighted by atomic mass is 10.2. The van der Waals surface area contributed by atoms with E-state index in [-0.39, 0.29) is 23.1 Å². The van der Waals surface area contributed by atoms with Crippen LogP contribution in [-0.4, -0.2) is 39.0 Å². The number of carbonyl (C=O) groups excluding carboxylic acids is 1. The van der Waals surface area contributed by atoms with Gasteiger partial charge < -0.3 is 14.9 Å². The quantitative estimate of drug-likeness (QED) is 0.819. The van der Waals surface area contributed by atoms with Crippen LogP contribution in [0.15, 0.2) is 48.5 Å². The van der Waals surface area contributed by atoms with Gasteiger partial charge in [0.25, 0.3) is 0 Å². The maximum Gasteiger partial charge on any atom is 0.412 e. The molecule has 1 heterocycles. The van der Waals surface area contributed by atoms with Crippen LogP contribution in [0.25, 0.3) is 0 Å². The van der Waals surface area contributed by atoms with E-state index in [1.807, 2.05) is 30.3 Å². The van der Waals surface area contributed by atoms with Crippen molar-refractivity contribution in [1.29, 1.82) is 0 Å². The van der Waals surface area contributed by atoms with Crippen LogP contribution < -0.4 is 0 Å². The lowest BCUT2D eigenvalue weighted by Gasteiger charge is -2.27. The zero-order chi connectivity index (χ0) is 18.7. The number of amides is 1. The molecule has 2 aromatic rings. The topological polar surface area (TPSA) is 87.1 Å². The van der Waals surface area contributed by atoms with Crippen LogP contribution in [-0.2, 0) is 16.1 Å². The van der Waals surface area contributed by atoms with Gasteiger partial charge in [0.2, 0.25) is 0 Å². The Balaban J connectivity index is 1.81. The number of carboxylic acids is 1. The number of hydrogen-bond donors (Lipinski definition) is 2. The van der Waals surface area contributed by atoms with E-state index in [1.54, 1.807) is 6.07 Å². The summed E-state index contributed by atoms with van der Waals surface area (Å²) >= 11 is 7.26. The fourth-order valence-corrected chi connectivity index (χ4v) is 4.24. The van der Waals surface area contributed by atoms with Crippen molar-refractivity contribution >= 4 is 35.4 Å². The molecule has 1 unspecified atom stereocenters. The van der Waals surface area contributed by atoms with Crippen LogP contribution in [0.1, 0.15) is 16.5 Å². The van der Waals surface area contributed by atoms with Gasteiger partial charge in [-0.2, -0.15) is 0 Å². The van der Waals surface area contributed by atoms with Gasteiger partial charge in [-0.25, -0.2) is 9.59 Å². The second-order valence-corrected chi connectivity index (χ2v) is 7.22. The Kier molecular flexibility index (Phi) is 5.58. The number of thioether (sulfide) groups is 1. The summed E-state index contributed by atoms with van der Waals surface area (Å²) in [5.41, 5.74) is 1.43. The standard InChI is InChI=1S/C18H16ClNO5S/c19-13-8-12(6-7-15(13)21)16-20(14(10-26-16)17(22)23)18(24)25-9-11-4-2-1-3-5-11/h1-8,14,16,21H,9-10H2,(H,22,23)/t14-,16?/m1/s1. The molecular weight excluding hydrogens is 378 g/mol. The zero-order valence-corrected chi connectivity index (χ0v) is 15.1. The third-order valence-corrected chi connectivity index (χ3v) is 5.58. The third kappa shape index (κ3) is 3.89. The van der Waals surface area contributed by atoms with Gasteiger partial charge in [0, 0.05) is 5.75 Å². The number of benzene rings is 2. The average molecular weight is 394 g/mol. The smallest absolute Gasteiger partial charge is 0.412 e. The van der Waals surface area contributed by atoms with Gasteiger partial charge >= 0.3 is 12.1 Å². The number of aromatic hydroxyl groups is 1. The minimum absolute atomic E-state index is 0.0518. The summed E-state index contributed by atoms with van der Waals surface area (Å²) in [7, 11) is 0. The monoisotopic (exact) mass is 393 g/mol. The van der Waals surface area contributed by atoms with Gasteiger partial charge in [-0.1, -0.05) is 48.0 Å². The first kappa shape index (κ1) is 18.4. The Morgan fingerprint density at radius 2 is 1.96 bits per heavy atom. The second-order valence-electron chi connectivity index (χ2n) is 5.70. The summed E-state index contributed by atoms with van der Waals surface area (Å²) in [6, 6.07) is 12.7. The van der Waals surface area contributed by atoms with E-state index in [1.165, 1.54) is 28.8 Å². The molecular formula is C18H16ClNO5S. The molecule has 1 aliphatic rings. The van der Waals surface area contributed by atoms with E-state index in [2.05, 4.69) is 0 Å². The van der Waals surface area contributed by atoms with Crippen molar-refractivity contribution in [3.63, 3.8) is 0 Å². The predicted octanol–water partition coefficient (Wildman–Crippen LogP) is 3.88. The minimum Gasteiger partial charge on any atom is -0.506 e. The normalized spacial score (nSPS) is 19.3. The Morgan fingerprint density at radius 1 is 1.23 bits per heavy atom. The molecule has 0 saturated carbocycles. The molecule has 0 aromatic heterocycles. The molecule has 3 rings (SSSR count). The fraction of sp³-hybridized carbons (Fsp3) is 0.222. The van der Waals surface area contributed by atoms with Crippen LogP contribution in [0, 0.1) is 0 Å². The number of carbonyl (C=O) groups is 2. The van der Waals surface area contributed by atoms with Crippen molar-refractivity contribution in [2.24, 2.45) is 0 Å². The number of nitrogens with zero attached hydrogens (tertiary/aromatic N) is 1. The number of rotatable bonds is 4. The highest BCUT2D eigenvalue weighted by Crippen LogP contribution is 2.43. The molecule has 1 saturated heterocycles. The van der Waals surface area contributed by atoms with E-state index < -0.39 is 23.5 Å². The summed E-state index contributed by atoms with van der Waals surface area (Å²) in [5, 5.41) is 18.6. The summed E-state index contributed by atoms with van der Waals surface area (Å²) in [4.78, 5) is 25.4. The summed E-state index contributed by atoms with van der Waals surface area (Å²) < 4.78 is 5.33. The Morgan fingerprint density at radius 3 is 2.62 bits per heavy atom. The first-order valence-corrected chi connectivity index (χ1v) is 9.22. The highest BCUT2D eigenvalue weighted by Gasteiger charge is 2.43. The van der Waals surface area contributed by atoms with Gasteiger partial charge in [-0.05, 0) is 23.3 Å². The number of ether oxygens (including phenoxy) is 1. The molecule has 8 heteroatoms. The molecule has 136 valence electrons. The summed E-state index contributed by atoms with van der Waals surface area (Å²) in [6.07, 6.45) is -0.708. The van der Waals surface area contributed by atoms with Crippen LogP contribution >= 0.6 is 23.4 Å².